The number of aromatic nitrogens is 1. The van der Waals surface area contributed by atoms with Gasteiger partial charge in [-0.3, -0.25) is 4.79 Å². The van der Waals surface area contributed by atoms with Gasteiger partial charge < -0.3 is 26.1 Å². The van der Waals surface area contributed by atoms with Crippen molar-refractivity contribution >= 4 is 24.0 Å². The van der Waals surface area contributed by atoms with E-state index >= 15 is 0 Å². The summed E-state index contributed by atoms with van der Waals surface area (Å²) >= 11 is 0. The van der Waals surface area contributed by atoms with Crippen molar-refractivity contribution in [2.75, 3.05) is 18.8 Å². The summed E-state index contributed by atoms with van der Waals surface area (Å²) in [5.41, 5.74) is 15.3. The number of nitrogens with one attached hydrogen (secondary N) is 1. The average Bonchev–Trinajstić information content (AvgIpc) is 3.11. The maximum absolute atomic E-state index is 12.7. The van der Waals surface area contributed by atoms with E-state index in [0.29, 0.717) is 47.7 Å². The van der Waals surface area contributed by atoms with Crippen molar-refractivity contribution in [1.82, 2.24) is 9.88 Å². The van der Waals surface area contributed by atoms with Gasteiger partial charge in [0.1, 0.15) is 11.4 Å². The SMILES string of the molecule is Cl.NCCC1CNC(=O)c2cc(-c3cccc(OC(F)(F)F)c3)c(-c3cccc(N)c3)n21. The lowest BCUT2D eigenvalue weighted by molar-refractivity contribution is -0.274. The third-order valence-corrected chi connectivity index (χ3v) is 5.17. The average molecular weight is 467 g/mol. The van der Waals surface area contributed by atoms with Gasteiger partial charge >= 0.3 is 6.36 Å². The first-order valence-corrected chi connectivity index (χ1v) is 9.72. The number of ether oxygens (including phenoxy) is 1. The molecule has 0 radical (unpaired) electrons. The number of benzene rings is 2. The van der Waals surface area contributed by atoms with Crippen LogP contribution in [0.4, 0.5) is 18.9 Å². The Morgan fingerprint density at radius 2 is 1.81 bits per heavy atom. The van der Waals surface area contributed by atoms with Gasteiger partial charge in [0.15, 0.2) is 0 Å². The Balaban J connectivity index is 0.00000289. The number of nitrogens with zero attached hydrogens (tertiary/aromatic N) is 1. The van der Waals surface area contributed by atoms with Crippen molar-refractivity contribution in [3.63, 3.8) is 0 Å². The van der Waals surface area contributed by atoms with Crippen LogP contribution in [0, 0.1) is 0 Å². The molecule has 1 aliphatic heterocycles. The third kappa shape index (κ3) is 4.68. The molecule has 2 heterocycles. The molecule has 0 spiro atoms. The Labute approximate surface area is 188 Å². The highest BCUT2D eigenvalue weighted by atomic mass is 35.5. The molecule has 1 atom stereocenters. The summed E-state index contributed by atoms with van der Waals surface area (Å²) in [5, 5.41) is 2.86. The summed E-state index contributed by atoms with van der Waals surface area (Å²) in [5.74, 6) is -0.594. The van der Waals surface area contributed by atoms with Crippen LogP contribution in [0.5, 0.6) is 5.75 Å². The Morgan fingerprint density at radius 3 is 2.50 bits per heavy atom. The number of alkyl halides is 3. The molecule has 4 rings (SSSR count). The number of nitrogens with two attached hydrogens (primary N) is 2. The Morgan fingerprint density at radius 1 is 1.09 bits per heavy atom. The van der Waals surface area contributed by atoms with Gasteiger partial charge in [0.2, 0.25) is 0 Å². The highest BCUT2D eigenvalue weighted by Crippen LogP contribution is 2.40. The second kappa shape index (κ2) is 9.13. The van der Waals surface area contributed by atoms with Crippen molar-refractivity contribution in [2.24, 2.45) is 5.73 Å². The van der Waals surface area contributed by atoms with Crippen LogP contribution in [0.1, 0.15) is 23.0 Å². The summed E-state index contributed by atoms with van der Waals surface area (Å²) in [4.78, 5) is 12.6. The molecule has 0 saturated carbocycles. The number of anilines is 1. The van der Waals surface area contributed by atoms with Gasteiger partial charge in [-0.2, -0.15) is 0 Å². The monoisotopic (exact) mass is 466 g/mol. The maximum Gasteiger partial charge on any atom is 0.573 e. The van der Waals surface area contributed by atoms with Gasteiger partial charge in [-0.05, 0) is 48.9 Å². The van der Waals surface area contributed by atoms with Crippen molar-refractivity contribution in [3.8, 4) is 28.1 Å². The normalized spacial score (nSPS) is 15.5. The highest BCUT2D eigenvalue weighted by Gasteiger charge is 2.32. The fraction of sp³-hybridized carbons (Fsp3) is 0.227. The number of carbonyl (C=O) groups is 1. The second-order valence-corrected chi connectivity index (χ2v) is 7.30. The van der Waals surface area contributed by atoms with Gasteiger partial charge in [-0.1, -0.05) is 24.3 Å². The molecule has 1 aliphatic rings. The minimum absolute atomic E-state index is 0. The van der Waals surface area contributed by atoms with E-state index in [0.717, 1.165) is 5.56 Å². The predicted octanol–water partition coefficient (Wildman–Crippen LogP) is 4.36. The van der Waals surface area contributed by atoms with Crippen LogP contribution >= 0.6 is 12.4 Å². The molecule has 3 aromatic rings. The van der Waals surface area contributed by atoms with Crippen LogP contribution in [0.2, 0.25) is 0 Å². The lowest BCUT2D eigenvalue weighted by Crippen LogP contribution is -2.39. The number of carbonyl (C=O) groups excluding carboxylic acids is 1. The molecule has 6 nitrogen and oxygen atoms in total. The van der Waals surface area contributed by atoms with Crippen molar-refractivity contribution in [3.05, 3.63) is 60.3 Å². The molecular formula is C22H22ClF3N4O2. The van der Waals surface area contributed by atoms with Gasteiger partial charge in [0.05, 0.1) is 11.7 Å². The highest BCUT2D eigenvalue weighted by molar-refractivity contribution is 5.99. The Bertz CT molecular complexity index is 1130. The van der Waals surface area contributed by atoms with E-state index in [1.807, 2.05) is 10.6 Å². The van der Waals surface area contributed by atoms with Gasteiger partial charge in [0.25, 0.3) is 5.91 Å². The molecular weight excluding hydrogens is 445 g/mol. The van der Waals surface area contributed by atoms with E-state index in [4.69, 9.17) is 11.5 Å². The first kappa shape index (κ1) is 23.5. The number of rotatable bonds is 5. The first-order valence-electron chi connectivity index (χ1n) is 9.72. The minimum atomic E-state index is -4.80. The number of halogens is 4. The Kier molecular flexibility index (Phi) is 6.71. The first-order chi connectivity index (χ1) is 14.8. The summed E-state index contributed by atoms with van der Waals surface area (Å²) < 4.78 is 44.2. The van der Waals surface area contributed by atoms with E-state index in [1.165, 1.54) is 18.2 Å². The number of hydrogen-bond donors (Lipinski definition) is 3. The van der Waals surface area contributed by atoms with E-state index in [2.05, 4.69) is 10.1 Å². The molecule has 5 N–H and O–H groups in total. The van der Waals surface area contributed by atoms with Crippen LogP contribution in [0.15, 0.2) is 54.6 Å². The van der Waals surface area contributed by atoms with Crippen molar-refractivity contribution < 1.29 is 22.7 Å². The standard InChI is InChI=1S/C22H21F3N4O2.ClH/c23-22(24,25)31-17-6-2-3-13(10-17)18-11-19-21(30)28-12-16(7-8-26)29(19)20(18)14-4-1-5-15(27)9-14;/h1-6,9-11,16H,7-8,12,26-27H2,(H,28,30);1H. The van der Waals surface area contributed by atoms with Gasteiger partial charge in [0, 0.05) is 23.4 Å². The van der Waals surface area contributed by atoms with Gasteiger partial charge in [-0.15, -0.1) is 25.6 Å². The fourth-order valence-corrected chi connectivity index (χ4v) is 3.96. The number of nitrogen functional groups attached to an aromatic ring is 1. The lowest BCUT2D eigenvalue weighted by atomic mass is 10.00. The molecule has 0 bridgehead atoms. The number of fused-ring (bicyclic) bond motifs is 1. The van der Waals surface area contributed by atoms with Crippen LogP contribution in [-0.2, 0) is 0 Å². The van der Waals surface area contributed by atoms with Crippen LogP contribution in [-0.4, -0.2) is 29.9 Å². The largest absolute Gasteiger partial charge is 0.573 e. The van der Waals surface area contributed by atoms with Crippen LogP contribution < -0.4 is 21.5 Å². The fourth-order valence-electron chi connectivity index (χ4n) is 3.96. The quantitative estimate of drug-likeness (QED) is 0.487. The van der Waals surface area contributed by atoms with E-state index in [1.54, 1.807) is 30.3 Å². The zero-order valence-corrected chi connectivity index (χ0v) is 17.7. The van der Waals surface area contributed by atoms with E-state index in [-0.39, 0.29) is 30.1 Å². The van der Waals surface area contributed by atoms with Gasteiger partial charge in [-0.25, -0.2) is 0 Å². The molecule has 32 heavy (non-hydrogen) atoms. The smallest absolute Gasteiger partial charge is 0.406 e. The number of hydrogen-bond acceptors (Lipinski definition) is 4. The summed E-state index contributed by atoms with van der Waals surface area (Å²) in [6, 6.07) is 14.4. The van der Waals surface area contributed by atoms with Crippen LogP contribution in [0.3, 0.4) is 0 Å². The molecule has 2 aromatic carbocycles. The molecule has 0 fully saturated rings. The molecule has 1 unspecified atom stereocenters. The molecule has 170 valence electrons. The van der Waals surface area contributed by atoms with E-state index in [9.17, 15) is 18.0 Å². The topological polar surface area (TPSA) is 95.3 Å². The van der Waals surface area contributed by atoms with Crippen LogP contribution in [0.25, 0.3) is 22.4 Å². The third-order valence-electron chi connectivity index (χ3n) is 5.17. The predicted molar refractivity (Wildman–Crippen MR) is 119 cm³/mol. The summed E-state index contributed by atoms with van der Waals surface area (Å²) in [6.45, 7) is 0.822. The maximum atomic E-state index is 12.7. The van der Waals surface area contributed by atoms with E-state index < -0.39 is 6.36 Å². The molecule has 0 saturated heterocycles. The molecule has 0 aliphatic carbocycles. The molecule has 1 amide bonds. The Hall–Kier alpha value is -3.17. The molecule has 1 aromatic heterocycles. The van der Waals surface area contributed by atoms with Crippen molar-refractivity contribution in [2.45, 2.75) is 18.8 Å². The van der Waals surface area contributed by atoms with Crippen molar-refractivity contribution in [1.29, 1.82) is 0 Å². The lowest BCUT2D eigenvalue weighted by Gasteiger charge is -2.28. The molecule has 10 heteroatoms. The minimum Gasteiger partial charge on any atom is -0.406 e. The second-order valence-electron chi connectivity index (χ2n) is 7.30. The summed E-state index contributed by atoms with van der Waals surface area (Å²) in [6.07, 6.45) is -4.19. The zero-order chi connectivity index (χ0) is 22.2. The number of amides is 1. The zero-order valence-electron chi connectivity index (χ0n) is 16.9. The summed E-state index contributed by atoms with van der Waals surface area (Å²) in [7, 11) is 0.